The van der Waals surface area contributed by atoms with Crippen LogP contribution in [0.5, 0.6) is 0 Å². The van der Waals surface area contributed by atoms with Gasteiger partial charge in [-0.05, 0) is 61.4 Å². The summed E-state index contributed by atoms with van der Waals surface area (Å²) in [4.78, 5) is 26.4. The molecule has 1 aliphatic heterocycles. The molecule has 5 rings (SSSR count). The van der Waals surface area contributed by atoms with Crippen LogP contribution in [0.4, 0.5) is 0 Å². The Morgan fingerprint density at radius 3 is 1.84 bits per heavy atom. The minimum Gasteiger partial charge on any atom is -0.426 e. The second-order valence-electron chi connectivity index (χ2n) is 12.8. The summed E-state index contributed by atoms with van der Waals surface area (Å²) in [6, 6.07) is 40.2. The van der Waals surface area contributed by atoms with Crippen molar-refractivity contribution >= 4 is 11.8 Å². The lowest BCUT2D eigenvalue weighted by Crippen LogP contribution is -2.53. The standard InChI is InChI=1S/C43H46O6/c1-32(2)18-17-21-36(41-40(45)28-33(3)42(49-41,48-34(4)44)31-46-29-35-19-9-5-10-20-35)30-47-43(37-22-11-6-12-23-37,38-24-13-7-14-25-38)39-26-15-8-16-27-39/h5-16,19-20,22-28,36,41H,1,17-18,21,29-31H2,2-4H3. The molecule has 1 heterocycles. The maximum Gasteiger partial charge on any atom is 0.305 e. The van der Waals surface area contributed by atoms with Gasteiger partial charge in [-0.15, -0.1) is 6.58 Å². The largest absolute Gasteiger partial charge is 0.426 e. The van der Waals surface area contributed by atoms with Gasteiger partial charge in [0.25, 0.3) is 5.79 Å². The third-order valence-electron chi connectivity index (χ3n) is 8.93. The van der Waals surface area contributed by atoms with Crippen LogP contribution < -0.4 is 0 Å². The summed E-state index contributed by atoms with van der Waals surface area (Å²) in [6.45, 7) is 9.56. The fraction of sp³-hybridized carbons (Fsp3) is 0.302. The number of hydrogen-bond acceptors (Lipinski definition) is 6. The molecule has 0 N–H and O–H groups in total. The predicted molar refractivity (Wildman–Crippen MR) is 192 cm³/mol. The Hall–Kier alpha value is -4.62. The number of benzene rings is 4. The van der Waals surface area contributed by atoms with E-state index >= 15 is 0 Å². The van der Waals surface area contributed by atoms with E-state index in [9.17, 15) is 9.59 Å². The van der Waals surface area contributed by atoms with E-state index < -0.39 is 29.4 Å². The Kier molecular flexibility index (Phi) is 12.1. The van der Waals surface area contributed by atoms with E-state index in [1.807, 2.05) is 91.9 Å². The van der Waals surface area contributed by atoms with Crippen LogP contribution in [0.25, 0.3) is 0 Å². The van der Waals surface area contributed by atoms with Crippen molar-refractivity contribution in [1.82, 2.24) is 0 Å². The molecular formula is C43H46O6. The predicted octanol–water partition coefficient (Wildman–Crippen LogP) is 8.75. The number of carbonyl (C=O) groups is 2. The van der Waals surface area contributed by atoms with Gasteiger partial charge < -0.3 is 18.9 Å². The van der Waals surface area contributed by atoms with Gasteiger partial charge in [0.15, 0.2) is 5.78 Å². The zero-order valence-corrected chi connectivity index (χ0v) is 28.7. The van der Waals surface area contributed by atoms with E-state index in [0.29, 0.717) is 12.0 Å². The summed E-state index contributed by atoms with van der Waals surface area (Å²) < 4.78 is 25.9. The highest BCUT2D eigenvalue weighted by Gasteiger charge is 2.48. The van der Waals surface area contributed by atoms with Gasteiger partial charge in [0.2, 0.25) is 0 Å². The highest BCUT2D eigenvalue weighted by molar-refractivity contribution is 5.95. The average Bonchev–Trinajstić information content (AvgIpc) is 3.11. The van der Waals surface area contributed by atoms with Crippen LogP contribution in [0.3, 0.4) is 0 Å². The highest BCUT2D eigenvalue weighted by atomic mass is 16.7. The SMILES string of the molecule is C=C(C)CCCC(COC(c1ccccc1)(c1ccccc1)c1ccccc1)C1OC(COCc2ccccc2)(OC(C)=O)C(C)=CC1=O. The number of hydrogen-bond donors (Lipinski definition) is 0. The summed E-state index contributed by atoms with van der Waals surface area (Å²) in [5.74, 6) is -2.69. The molecule has 0 fully saturated rings. The first kappa shape index (κ1) is 35.7. The molecule has 6 heteroatoms. The van der Waals surface area contributed by atoms with E-state index in [1.165, 1.54) is 13.0 Å². The van der Waals surface area contributed by atoms with Crippen LogP contribution >= 0.6 is 0 Å². The molecule has 0 spiro atoms. The Balaban J connectivity index is 1.52. The lowest BCUT2D eigenvalue weighted by molar-refractivity contribution is -0.258. The second kappa shape index (κ2) is 16.7. The first-order valence-corrected chi connectivity index (χ1v) is 16.9. The topological polar surface area (TPSA) is 71.1 Å². The number of ketones is 1. The quantitative estimate of drug-likeness (QED) is 0.0681. The molecule has 254 valence electrons. The third-order valence-corrected chi connectivity index (χ3v) is 8.93. The number of rotatable bonds is 16. The van der Waals surface area contributed by atoms with Gasteiger partial charge >= 0.3 is 5.97 Å². The average molecular weight is 659 g/mol. The number of allylic oxidation sites excluding steroid dienone is 1. The fourth-order valence-corrected chi connectivity index (χ4v) is 6.47. The number of ether oxygens (including phenoxy) is 4. The maximum atomic E-state index is 13.9. The van der Waals surface area contributed by atoms with Gasteiger partial charge in [0, 0.05) is 18.4 Å². The lowest BCUT2D eigenvalue weighted by Gasteiger charge is -2.42. The van der Waals surface area contributed by atoms with Gasteiger partial charge in [-0.2, -0.15) is 0 Å². The zero-order chi connectivity index (χ0) is 34.7. The number of carbonyl (C=O) groups excluding carboxylic acids is 2. The van der Waals surface area contributed by atoms with E-state index in [4.69, 9.17) is 18.9 Å². The molecule has 3 unspecified atom stereocenters. The van der Waals surface area contributed by atoms with Crippen molar-refractivity contribution in [3.8, 4) is 0 Å². The molecule has 1 aliphatic rings. The third kappa shape index (κ3) is 8.70. The molecule has 0 aliphatic carbocycles. The van der Waals surface area contributed by atoms with Gasteiger partial charge in [-0.3, -0.25) is 9.59 Å². The Morgan fingerprint density at radius 1 is 0.837 bits per heavy atom. The van der Waals surface area contributed by atoms with Crippen molar-refractivity contribution in [2.24, 2.45) is 5.92 Å². The molecule has 0 saturated heterocycles. The normalized spacial score (nSPS) is 18.4. The van der Waals surface area contributed by atoms with Crippen molar-refractivity contribution in [2.75, 3.05) is 13.2 Å². The van der Waals surface area contributed by atoms with Crippen molar-refractivity contribution in [1.29, 1.82) is 0 Å². The maximum absolute atomic E-state index is 13.9. The minimum atomic E-state index is -1.57. The molecule has 3 atom stereocenters. The smallest absolute Gasteiger partial charge is 0.305 e. The van der Waals surface area contributed by atoms with Crippen molar-refractivity contribution in [3.05, 3.63) is 167 Å². The molecule has 6 nitrogen and oxygen atoms in total. The van der Waals surface area contributed by atoms with Crippen LogP contribution in [0, 0.1) is 5.92 Å². The van der Waals surface area contributed by atoms with Crippen molar-refractivity contribution in [2.45, 2.75) is 64.1 Å². The second-order valence-corrected chi connectivity index (χ2v) is 12.8. The number of esters is 1. The molecular weight excluding hydrogens is 612 g/mol. The summed E-state index contributed by atoms with van der Waals surface area (Å²) in [6.07, 6.45) is 2.77. The van der Waals surface area contributed by atoms with E-state index in [2.05, 4.69) is 43.0 Å². The Labute approximate surface area is 290 Å². The lowest BCUT2D eigenvalue weighted by atomic mass is 9.79. The Morgan fingerprint density at radius 2 is 1.35 bits per heavy atom. The van der Waals surface area contributed by atoms with Crippen LogP contribution in [0.15, 0.2) is 145 Å². The highest BCUT2D eigenvalue weighted by Crippen LogP contribution is 2.42. The molecule has 49 heavy (non-hydrogen) atoms. The van der Waals surface area contributed by atoms with E-state index in [-0.39, 0.29) is 25.6 Å². The molecule has 0 aromatic heterocycles. The van der Waals surface area contributed by atoms with Gasteiger partial charge in [0.1, 0.15) is 18.3 Å². The van der Waals surface area contributed by atoms with Crippen LogP contribution in [0.1, 0.15) is 62.3 Å². The van der Waals surface area contributed by atoms with E-state index in [0.717, 1.165) is 40.7 Å². The summed E-state index contributed by atoms with van der Waals surface area (Å²) in [5.41, 5.74) is 4.41. The van der Waals surface area contributed by atoms with Crippen LogP contribution in [-0.2, 0) is 40.7 Å². The molecule has 0 bridgehead atoms. The van der Waals surface area contributed by atoms with Gasteiger partial charge in [0.05, 0.1) is 13.2 Å². The molecule has 0 radical (unpaired) electrons. The van der Waals surface area contributed by atoms with Crippen molar-refractivity contribution < 1.29 is 28.5 Å². The monoisotopic (exact) mass is 658 g/mol. The fourth-order valence-electron chi connectivity index (χ4n) is 6.47. The van der Waals surface area contributed by atoms with E-state index in [1.54, 1.807) is 6.92 Å². The molecule has 0 saturated carbocycles. The molecule has 4 aromatic carbocycles. The summed E-state index contributed by atoms with van der Waals surface area (Å²) in [7, 11) is 0. The first-order valence-electron chi connectivity index (χ1n) is 16.9. The Bertz CT molecular complexity index is 1600. The van der Waals surface area contributed by atoms with Crippen molar-refractivity contribution in [3.63, 3.8) is 0 Å². The minimum absolute atomic E-state index is 0.0745. The summed E-state index contributed by atoms with van der Waals surface area (Å²) >= 11 is 0. The first-order chi connectivity index (χ1) is 23.7. The summed E-state index contributed by atoms with van der Waals surface area (Å²) in [5, 5.41) is 0. The molecule has 4 aromatic rings. The van der Waals surface area contributed by atoms with Gasteiger partial charge in [-0.1, -0.05) is 127 Å². The van der Waals surface area contributed by atoms with Gasteiger partial charge in [-0.25, -0.2) is 0 Å². The van der Waals surface area contributed by atoms with Crippen LogP contribution in [-0.4, -0.2) is 36.9 Å². The molecule has 0 amide bonds. The van der Waals surface area contributed by atoms with Crippen LogP contribution in [0.2, 0.25) is 0 Å². The zero-order valence-electron chi connectivity index (χ0n) is 28.7.